The first kappa shape index (κ1) is 16.9. The van der Waals surface area contributed by atoms with E-state index in [1.807, 2.05) is 19.9 Å². The molecule has 22 heavy (non-hydrogen) atoms. The second-order valence-corrected chi connectivity index (χ2v) is 7.69. The molecule has 5 nitrogen and oxygen atoms in total. The molecule has 1 N–H and O–H groups in total. The van der Waals surface area contributed by atoms with Gasteiger partial charge in [-0.2, -0.15) is 0 Å². The van der Waals surface area contributed by atoms with E-state index in [4.69, 9.17) is 16.7 Å². The SMILES string of the molecule is CC(C)CN(CC(=O)O)C(=O)c1csc(-c2ccc(Cl)s2)n1. The minimum absolute atomic E-state index is 0.178. The van der Waals surface area contributed by atoms with Crippen molar-refractivity contribution < 1.29 is 14.7 Å². The van der Waals surface area contributed by atoms with E-state index in [-0.39, 0.29) is 24.1 Å². The van der Waals surface area contributed by atoms with Crippen molar-refractivity contribution in [2.45, 2.75) is 13.8 Å². The smallest absolute Gasteiger partial charge is 0.323 e. The predicted octanol–water partition coefficient (Wildman–Crippen LogP) is 3.71. The Morgan fingerprint density at radius 2 is 2.14 bits per heavy atom. The molecule has 2 heterocycles. The molecule has 1 amide bonds. The van der Waals surface area contributed by atoms with Crippen LogP contribution in [0.4, 0.5) is 0 Å². The van der Waals surface area contributed by atoms with Crippen LogP contribution in [0.5, 0.6) is 0 Å². The van der Waals surface area contributed by atoms with Crippen LogP contribution in [-0.2, 0) is 4.79 Å². The second kappa shape index (κ2) is 7.21. The van der Waals surface area contributed by atoms with Gasteiger partial charge in [0.25, 0.3) is 5.91 Å². The Morgan fingerprint density at radius 1 is 1.41 bits per heavy atom. The Kier molecular flexibility index (Phi) is 5.55. The summed E-state index contributed by atoms with van der Waals surface area (Å²) in [6.45, 7) is 3.92. The lowest BCUT2D eigenvalue weighted by Gasteiger charge is -2.21. The molecule has 0 aliphatic carbocycles. The molecule has 0 aromatic carbocycles. The highest BCUT2D eigenvalue weighted by Crippen LogP contribution is 2.33. The Bertz CT molecular complexity index is 681. The Hall–Kier alpha value is -1.44. The molecule has 0 atom stereocenters. The van der Waals surface area contributed by atoms with Gasteiger partial charge in [0, 0.05) is 11.9 Å². The average molecular weight is 359 g/mol. The zero-order chi connectivity index (χ0) is 16.3. The molecule has 8 heteroatoms. The summed E-state index contributed by atoms with van der Waals surface area (Å²) in [4.78, 5) is 29.9. The van der Waals surface area contributed by atoms with E-state index in [9.17, 15) is 9.59 Å². The Balaban J connectivity index is 2.20. The van der Waals surface area contributed by atoms with Gasteiger partial charge >= 0.3 is 5.97 Å². The van der Waals surface area contributed by atoms with Crippen LogP contribution in [0.1, 0.15) is 24.3 Å². The highest BCUT2D eigenvalue weighted by molar-refractivity contribution is 7.23. The van der Waals surface area contributed by atoms with Crippen molar-refractivity contribution in [1.29, 1.82) is 0 Å². The zero-order valence-electron chi connectivity index (χ0n) is 12.1. The van der Waals surface area contributed by atoms with Gasteiger partial charge < -0.3 is 10.0 Å². The maximum atomic E-state index is 12.4. The second-order valence-electron chi connectivity index (χ2n) is 5.11. The number of thiophene rings is 1. The number of nitrogens with zero attached hydrogens (tertiary/aromatic N) is 2. The molecule has 0 saturated carbocycles. The minimum atomic E-state index is -1.03. The molecule has 2 rings (SSSR count). The summed E-state index contributed by atoms with van der Waals surface area (Å²) in [5.74, 6) is -1.21. The molecule has 0 radical (unpaired) electrons. The summed E-state index contributed by atoms with van der Waals surface area (Å²) in [6.07, 6.45) is 0. The van der Waals surface area contributed by atoms with Crippen LogP contribution in [0.2, 0.25) is 4.34 Å². The number of hydrogen-bond donors (Lipinski definition) is 1. The van der Waals surface area contributed by atoms with Gasteiger partial charge in [-0.1, -0.05) is 25.4 Å². The van der Waals surface area contributed by atoms with Crippen LogP contribution in [0, 0.1) is 5.92 Å². The standard InChI is InChI=1S/C14H15ClN2O3S2/c1-8(2)5-17(6-12(18)19)14(20)9-7-21-13(16-9)10-3-4-11(15)22-10/h3-4,7-8H,5-6H2,1-2H3,(H,18,19). The van der Waals surface area contributed by atoms with Crippen LogP contribution in [0.3, 0.4) is 0 Å². The molecular weight excluding hydrogens is 344 g/mol. The normalized spacial score (nSPS) is 10.9. The van der Waals surface area contributed by atoms with E-state index >= 15 is 0 Å². The average Bonchev–Trinajstić information content (AvgIpc) is 3.04. The lowest BCUT2D eigenvalue weighted by molar-refractivity contribution is -0.137. The van der Waals surface area contributed by atoms with E-state index in [0.29, 0.717) is 15.9 Å². The number of thiazole rings is 1. The third-order valence-electron chi connectivity index (χ3n) is 2.71. The topological polar surface area (TPSA) is 70.5 Å². The number of amides is 1. The summed E-state index contributed by atoms with van der Waals surface area (Å²) >= 11 is 8.63. The van der Waals surface area contributed by atoms with Gasteiger partial charge in [-0.25, -0.2) is 4.98 Å². The molecule has 0 aliphatic heterocycles. The molecule has 0 bridgehead atoms. The first-order valence-corrected chi connectivity index (χ1v) is 8.66. The van der Waals surface area contributed by atoms with Gasteiger partial charge in [0.1, 0.15) is 17.2 Å². The molecule has 2 aromatic heterocycles. The lowest BCUT2D eigenvalue weighted by Crippen LogP contribution is -2.38. The van der Waals surface area contributed by atoms with Crippen molar-refractivity contribution in [3.63, 3.8) is 0 Å². The first-order chi connectivity index (χ1) is 10.4. The maximum absolute atomic E-state index is 12.4. The highest BCUT2D eigenvalue weighted by Gasteiger charge is 2.22. The number of carboxylic acids is 1. The molecule has 2 aromatic rings. The number of carboxylic acid groups (broad SMARTS) is 1. The molecule has 0 aliphatic rings. The third kappa shape index (κ3) is 4.28. The molecule has 0 saturated heterocycles. The van der Waals surface area contributed by atoms with Crippen LogP contribution < -0.4 is 0 Å². The predicted molar refractivity (Wildman–Crippen MR) is 88.8 cm³/mol. The van der Waals surface area contributed by atoms with Crippen molar-refractivity contribution in [1.82, 2.24) is 9.88 Å². The van der Waals surface area contributed by atoms with E-state index in [1.54, 1.807) is 11.4 Å². The molecule has 0 spiro atoms. The van der Waals surface area contributed by atoms with Crippen molar-refractivity contribution in [2.24, 2.45) is 5.92 Å². The lowest BCUT2D eigenvalue weighted by atomic mass is 10.2. The van der Waals surface area contributed by atoms with E-state index in [0.717, 1.165) is 4.88 Å². The van der Waals surface area contributed by atoms with Crippen molar-refractivity contribution >= 4 is 46.2 Å². The summed E-state index contributed by atoms with van der Waals surface area (Å²) in [5, 5.41) is 11.3. The van der Waals surface area contributed by atoms with Gasteiger partial charge in [-0.15, -0.1) is 22.7 Å². The Labute approximate surface area is 141 Å². The quantitative estimate of drug-likeness (QED) is 0.854. The fraction of sp³-hybridized carbons (Fsp3) is 0.357. The third-order valence-corrected chi connectivity index (χ3v) is 4.95. The Morgan fingerprint density at radius 3 is 2.68 bits per heavy atom. The number of carbonyl (C=O) groups is 2. The summed E-state index contributed by atoms with van der Waals surface area (Å²) < 4.78 is 0.658. The van der Waals surface area contributed by atoms with Crippen LogP contribution in [0.15, 0.2) is 17.5 Å². The van der Waals surface area contributed by atoms with Crippen molar-refractivity contribution in [3.8, 4) is 9.88 Å². The van der Waals surface area contributed by atoms with Gasteiger partial charge in [-0.05, 0) is 18.1 Å². The minimum Gasteiger partial charge on any atom is -0.480 e. The number of aliphatic carboxylic acids is 1. The molecular formula is C14H15ClN2O3S2. The van der Waals surface area contributed by atoms with Crippen molar-refractivity contribution in [2.75, 3.05) is 13.1 Å². The van der Waals surface area contributed by atoms with E-state index in [2.05, 4.69) is 4.98 Å². The monoisotopic (exact) mass is 358 g/mol. The molecule has 0 unspecified atom stereocenters. The number of aromatic nitrogens is 1. The maximum Gasteiger partial charge on any atom is 0.323 e. The van der Waals surface area contributed by atoms with E-state index in [1.165, 1.54) is 27.6 Å². The fourth-order valence-electron chi connectivity index (χ4n) is 1.90. The summed E-state index contributed by atoms with van der Waals surface area (Å²) in [5.41, 5.74) is 0.270. The van der Waals surface area contributed by atoms with Gasteiger partial charge in [0.2, 0.25) is 0 Å². The number of rotatable bonds is 6. The molecule has 0 fully saturated rings. The van der Waals surface area contributed by atoms with Crippen LogP contribution in [-0.4, -0.2) is 40.0 Å². The van der Waals surface area contributed by atoms with Crippen LogP contribution in [0.25, 0.3) is 9.88 Å². The molecule has 118 valence electrons. The first-order valence-electron chi connectivity index (χ1n) is 6.59. The van der Waals surface area contributed by atoms with Crippen molar-refractivity contribution in [3.05, 3.63) is 27.5 Å². The highest BCUT2D eigenvalue weighted by atomic mass is 35.5. The fourth-order valence-corrected chi connectivity index (χ4v) is 3.81. The van der Waals surface area contributed by atoms with Gasteiger partial charge in [0.05, 0.1) is 9.21 Å². The number of hydrogen-bond acceptors (Lipinski definition) is 5. The summed E-state index contributed by atoms with van der Waals surface area (Å²) in [7, 11) is 0. The number of carbonyl (C=O) groups excluding carboxylic acids is 1. The largest absolute Gasteiger partial charge is 0.480 e. The zero-order valence-corrected chi connectivity index (χ0v) is 14.5. The van der Waals surface area contributed by atoms with Crippen LogP contribution >= 0.6 is 34.3 Å². The van der Waals surface area contributed by atoms with Gasteiger partial charge in [-0.3, -0.25) is 9.59 Å². The van der Waals surface area contributed by atoms with E-state index < -0.39 is 5.97 Å². The van der Waals surface area contributed by atoms with Gasteiger partial charge in [0.15, 0.2) is 0 Å². The number of halogens is 1. The summed E-state index contributed by atoms with van der Waals surface area (Å²) in [6, 6.07) is 3.63.